The fourth-order valence-corrected chi connectivity index (χ4v) is 5.12. The molecule has 2 N–H and O–H groups in total. The first-order valence-corrected chi connectivity index (χ1v) is 10.3. The standard InChI is InChI=1S/C23H25NO6/c1-30-23(29)16-8-4-7-15(16)20-17-10-9-14(22(27)28)11-18(17)24(12-19(25)26)21(20)13-5-2-3-6-13/h9-11,13H,2-8,12H2,1H3,(H,25,26)(H,27,28). The number of carbonyl (C=O) groups excluding carboxylic acids is 1. The Morgan fingerprint density at radius 1 is 1.10 bits per heavy atom. The zero-order chi connectivity index (χ0) is 21.4. The average Bonchev–Trinajstić information content (AvgIpc) is 3.45. The number of carbonyl (C=O) groups is 3. The smallest absolute Gasteiger partial charge is 0.335 e. The molecular weight excluding hydrogens is 386 g/mol. The van der Waals surface area contributed by atoms with Gasteiger partial charge in [-0.3, -0.25) is 4.79 Å². The van der Waals surface area contributed by atoms with Gasteiger partial charge >= 0.3 is 17.9 Å². The Hall–Kier alpha value is -3.09. The van der Waals surface area contributed by atoms with Gasteiger partial charge in [-0.25, -0.2) is 9.59 Å². The SMILES string of the molecule is COC(=O)C1=C(c2c(C3CCCC3)n(CC(=O)O)c3cc(C(=O)O)ccc23)CCC1. The molecule has 0 aliphatic heterocycles. The number of aliphatic carboxylic acids is 1. The number of hydrogen-bond donors (Lipinski definition) is 2. The Kier molecular flexibility index (Phi) is 5.37. The van der Waals surface area contributed by atoms with Crippen LogP contribution in [0.2, 0.25) is 0 Å². The van der Waals surface area contributed by atoms with Crippen LogP contribution in [0, 0.1) is 0 Å². The van der Waals surface area contributed by atoms with Crippen LogP contribution in [-0.4, -0.2) is 39.8 Å². The zero-order valence-electron chi connectivity index (χ0n) is 16.9. The van der Waals surface area contributed by atoms with Crippen molar-refractivity contribution in [1.82, 2.24) is 4.57 Å². The molecule has 2 aliphatic rings. The summed E-state index contributed by atoms with van der Waals surface area (Å²) in [5, 5.41) is 19.9. The fraction of sp³-hybridized carbons (Fsp3) is 0.435. The molecule has 0 saturated heterocycles. The fourth-order valence-electron chi connectivity index (χ4n) is 5.12. The zero-order valence-corrected chi connectivity index (χ0v) is 16.9. The summed E-state index contributed by atoms with van der Waals surface area (Å²) in [6, 6.07) is 4.85. The third-order valence-electron chi connectivity index (χ3n) is 6.34. The maximum absolute atomic E-state index is 12.4. The van der Waals surface area contributed by atoms with Crippen LogP contribution in [0.5, 0.6) is 0 Å². The molecule has 30 heavy (non-hydrogen) atoms. The van der Waals surface area contributed by atoms with Gasteiger partial charge in [0.05, 0.1) is 18.2 Å². The highest BCUT2D eigenvalue weighted by Gasteiger charge is 2.33. The summed E-state index contributed by atoms with van der Waals surface area (Å²) in [7, 11) is 1.37. The lowest BCUT2D eigenvalue weighted by Gasteiger charge is -2.18. The van der Waals surface area contributed by atoms with Crippen LogP contribution in [0.3, 0.4) is 0 Å². The summed E-state index contributed by atoms with van der Waals surface area (Å²) < 4.78 is 6.77. The number of aromatic nitrogens is 1. The van der Waals surface area contributed by atoms with Crippen LogP contribution < -0.4 is 0 Å². The molecule has 7 heteroatoms. The normalized spacial score (nSPS) is 17.1. The minimum atomic E-state index is -1.06. The third-order valence-corrected chi connectivity index (χ3v) is 6.34. The molecule has 0 bridgehead atoms. The molecule has 0 amide bonds. The number of carboxylic acids is 2. The van der Waals surface area contributed by atoms with Crippen molar-refractivity contribution >= 4 is 34.4 Å². The van der Waals surface area contributed by atoms with Crippen LogP contribution in [0.1, 0.15) is 72.5 Å². The third kappa shape index (κ3) is 3.38. The minimum Gasteiger partial charge on any atom is -0.480 e. The molecule has 1 heterocycles. The van der Waals surface area contributed by atoms with Gasteiger partial charge < -0.3 is 19.5 Å². The van der Waals surface area contributed by atoms with Gasteiger partial charge in [0.15, 0.2) is 0 Å². The molecule has 0 spiro atoms. The van der Waals surface area contributed by atoms with Crippen molar-refractivity contribution in [2.24, 2.45) is 0 Å². The highest BCUT2D eigenvalue weighted by atomic mass is 16.5. The number of benzene rings is 1. The number of rotatable bonds is 6. The second-order valence-electron chi connectivity index (χ2n) is 8.06. The van der Waals surface area contributed by atoms with E-state index >= 15 is 0 Å². The number of hydrogen-bond acceptors (Lipinski definition) is 4. The summed E-state index contributed by atoms with van der Waals surface area (Å²) in [6.45, 7) is -0.244. The number of allylic oxidation sites excluding steroid dienone is 1. The molecule has 0 radical (unpaired) electrons. The summed E-state index contributed by atoms with van der Waals surface area (Å²) in [5.41, 5.74) is 4.11. The van der Waals surface area contributed by atoms with E-state index in [1.54, 1.807) is 22.8 Å². The number of fused-ring (bicyclic) bond motifs is 1. The van der Waals surface area contributed by atoms with Crippen molar-refractivity contribution in [3.63, 3.8) is 0 Å². The van der Waals surface area contributed by atoms with E-state index in [9.17, 15) is 24.6 Å². The Bertz CT molecular complexity index is 1070. The Morgan fingerprint density at radius 2 is 1.83 bits per heavy atom. The maximum Gasteiger partial charge on any atom is 0.335 e. The van der Waals surface area contributed by atoms with Gasteiger partial charge in [-0.2, -0.15) is 0 Å². The van der Waals surface area contributed by atoms with Gasteiger partial charge in [0, 0.05) is 22.2 Å². The van der Waals surface area contributed by atoms with Crippen LogP contribution >= 0.6 is 0 Å². The number of carboxylic acid groups (broad SMARTS) is 2. The Balaban J connectivity index is 2.07. The van der Waals surface area contributed by atoms with Crippen molar-refractivity contribution in [3.8, 4) is 0 Å². The van der Waals surface area contributed by atoms with Crippen LogP contribution in [0.4, 0.5) is 0 Å². The highest BCUT2D eigenvalue weighted by Crippen LogP contribution is 2.47. The summed E-state index contributed by atoms with van der Waals surface area (Å²) in [6.07, 6.45) is 6.24. The predicted octanol–water partition coefficient (Wildman–Crippen LogP) is 4.19. The van der Waals surface area contributed by atoms with Crippen molar-refractivity contribution in [3.05, 3.63) is 40.6 Å². The van der Waals surface area contributed by atoms with Crippen molar-refractivity contribution in [2.75, 3.05) is 7.11 Å². The quantitative estimate of drug-likeness (QED) is 0.691. The monoisotopic (exact) mass is 411 g/mol. The lowest BCUT2D eigenvalue weighted by atomic mass is 9.91. The van der Waals surface area contributed by atoms with E-state index in [0.717, 1.165) is 60.7 Å². The molecule has 1 saturated carbocycles. The number of ether oxygens (including phenoxy) is 1. The van der Waals surface area contributed by atoms with Gasteiger partial charge in [0.1, 0.15) is 6.54 Å². The first-order chi connectivity index (χ1) is 14.4. The van der Waals surface area contributed by atoms with Crippen molar-refractivity contribution in [1.29, 1.82) is 0 Å². The Labute approximate surface area is 173 Å². The minimum absolute atomic E-state index is 0.116. The predicted molar refractivity (Wildman–Crippen MR) is 111 cm³/mol. The molecule has 0 atom stereocenters. The first kappa shape index (κ1) is 20.2. The van der Waals surface area contributed by atoms with E-state index in [2.05, 4.69) is 0 Å². The summed E-state index contributed by atoms with van der Waals surface area (Å²) >= 11 is 0. The Morgan fingerprint density at radius 3 is 2.47 bits per heavy atom. The van der Waals surface area contributed by atoms with E-state index in [1.807, 2.05) is 0 Å². The molecule has 7 nitrogen and oxygen atoms in total. The van der Waals surface area contributed by atoms with Crippen LogP contribution in [-0.2, 0) is 20.9 Å². The van der Waals surface area contributed by atoms with E-state index in [4.69, 9.17) is 4.74 Å². The molecule has 2 aliphatic carbocycles. The summed E-state index contributed by atoms with van der Waals surface area (Å²) in [4.78, 5) is 35.7. The number of methoxy groups -OCH3 is 1. The van der Waals surface area contributed by atoms with E-state index in [-0.39, 0.29) is 24.0 Å². The molecule has 1 fully saturated rings. The van der Waals surface area contributed by atoms with Gasteiger partial charge in [-0.1, -0.05) is 18.9 Å². The lowest BCUT2D eigenvalue weighted by molar-refractivity contribution is -0.138. The van der Waals surface area contributed by atoms with Crippen molar-refractivity contribution < 1.29 is 29.3 Å². The van der Waals surface area contributed by atoms with E-state index in [1.165, 1.54) is 7.11 Å². The molecule has 4 rings (SSSR count). The molecule has 1 aromatic carbocycles. The number of esters is 1. The maximum atomic E-state index is 12.4. The number of aromatic carboxylic acids is 1. The largest absolute Gasteiger partial charge is 0.480 e. The lowest BCUT2D eigenvalue weighted by Crippen LogP contribution is -2.14. The average molecular weight is 411 g/mol. The van der Waals surface area contributed by atoms with Gasteiger partial charge in [0.25, 0.3) is 0 Å². The van der Waals surface area contributed by atoms with Crippen LogP contribution in [0.25, 0.3) is 16.5 Å². The van der Waals surface area contributed by atoms with Crippen LogP contribution in [0.15, 0.2) is 23.8 Å². The second kappa shape index (κ2) is 7.97. The van der Waals surface area contributed by atoms with E-state index < -0.39 is 11.9 Å². The first-order valence-electron chi connectivity index (χ1n) is 10.3. The topological polar surface area (TPSA) is 106 Å². The second-order valence-corrected chi connectivity index (χ2v) is 8.06. The molecule has 2 aromatic rings. The molecular formula is C23H25NO6. The van der Waals surface area contributed by atoms with E-state index in [0.29, 0.717) is 17.5 Å². The van der Waals surface area contributed by atoms with Gasteiger partial charge in [0.2, 0.25) is 0 Å². The van der Waals surface area contributed by atoms with Gasteiger partial charge in [-0.05, 0) is 55.7 Å². The number of nitrogens with zero attached hydrogens (tertiary/aromatic N) is 1. The van der Waals surface area contributed by atoms with Gasteiger partial charge in [-0.15, -0.1) is 0 Å². The highest BCUT2D eigenvalue weighted by molar-refractivity contribution is 6.06. The van der Waals surface area contributed by atoms with Crippen molar-refractivity contribution in [2.45, 2.75) is 57.4 Å². The summed E-state index contributed by atoms with van der Waals surface area (Å²) in [5.74, 6) is -2.19. The molecule has 0 unspecified atom stereocenters. The molecule has 1 aromatic heterocycles. The molecule has 158 valence electrons.